The lowest BCUT2D eigenvalue weighted by Crippen LogP contribution is -2.14. The summed E-state index contributed by atoms with van der Waals surface area (Å²) >= 11 is 1.39. The number of thiazole rings is 1. The van der Waals surface area contributed by atoms with E-state index in [0.29, 0.717) is 27.8 Å². The highest BCUT2D eigenvalue weighted by atomic mass is 32.1. The predicted octanol–water partition coefficient (Wildman–Crippen LogP) is 5.31. The van der Waals surface area contributed by atoms with Crippen LogP contribution in [0, 0.1) is 18.3 Å². The Bertz CT molecular complexity index is 1530. The Hall–Kier alpha value is -4.06. The summed E-state index contributed by atoms with van der Waals surface area (Å²) in [4.78, 5) is 28.9. The molecule has 1 amide bonds. The van der Waals surface area contributed by atoms with Gasteiger partial charge in [-0.15, -0.1) is 11.3 Å². The van der Waals surface area contributed by atoms with Gasteiger partial charge in [-0.1, -0.05) is 18.2 Å². The quantitative estimate of drug-likeness (QED) is 0.341. The van der Waals surface area contributed by atoms with Crippen LogP contribution in [0.3, 0.4) is 0 Å². The van der Waals surface area contributed by atoms with E-state index < -0.39 is 12.0 Å². The summed E-state index contributed by atoms with van der Waals surface area (Å²) in [6.45, 7) is 1.41. The SMILES string of the molecule is Cc1ccc(Oc2ccc3nc(CC(=O)CO)sc3c2)cc1NC(=O)c1cccc(C2(C#N)CC2)c1. The lowest BCUT2D eigenvalue weighted by Gasteiger charge is -2.13. The van der Waals surface area contributed by atoms with Crippen molar-refractivity contribution in [2.75, 3.05) is 11.9 Å². The van der Waals surface area contributed by atoms with Gasteiger partial charge in [-0.3, -0.25) is 9.59 Å². The van der Waals surface area contributed by atoms with E-state index in [2.05, 4.69) is 16.4 Å². The first-order valence-electron chi connectivity index (χ1n) is 11.5. The van der Waals surface area contributed by atoms with Crippen LogP contribution in [0.2, 0.25) is 0 Å². The summed E-state index contributed by atoms with van der Waals surface area (Å²) in [5.74, 6) is 0.641. The number of aryl methyl sites for hydroxylation is 1. The second-order valence-corrected chi connectivity index (χ2v) is 10.0. The highest BCUT2D eigenvalue weighted by Gasteiger charge is 2.45. The van der Waals surface area contributed by atoms with Gasteiger partial charge in [0.25, 0.3) is 5.91 Å². The van der Waals surface area contributed by atoms with Crippen molar-refractivity contribution in [3.8, 4) is 17.6 Å². The number of amides is 1. The van der Waals surface area contributed by atoms with Gasteiger partial charge in [-0.2, -0.15) is 5.26 Å². The molecule has 5 rings (SSSR count). The normalized spacial score (nSPS) is 13.7. The molecule has 36 heavy (non-hydrogen) atoms. The Kier molecular flexibility index (Phi) is 6.27. The molecular formula is C28H23N3O4S. The fraction of sp³-hybridized carbons (Fsp3) is 0.214. The monoisotopic (exact) mass is 497 g/mol. The number of anilines is 1. The summed E-state index contributed by atoms with van der Waals surface area (Å²) in [6.07, 6.45) is 1.75. The molecule has 7 nitrogen and oxygen atoms in total. The molecule has 1 aromatic heterocycles. The lowest BCUT2D eigenvalue weighted by molar-refractivity contribution is -0.121. The van der Waals surface area contributed by atoms with Gasteiger partial charge in [0.1, 0.15) is 23.1 Å². The van der Waals surface area contributed by atoms with Gasteiger partial charge in [0, 0.05) is 23.4 Å². The number of fused-ring (bicyclic) bond motifs is 1. The van der Waals surface area contributed by atoms with Crippen molar-refractivity contribution in [3.63, 3.8) is 0 Å². The minimum absolute atomic E-state index is 0.105. The predicted molar refractivity (Wildman–Crippen MR) is 138 cm³/mol. The minimum atomic E-state index is -0.497. The summed E-state index contributed by atoms with van der Waals surface area (Å²) in [6, 6.07) is 20.6. The molecule has 0 bridgehead atoms. The summed E-state index contributed by atoms with van der Waals surface area (Å²) in [5.41, 5.74) is 3.22. The number of nitrogens with one attached hydrogen (secondary N) is 1. The third-order valence-electron chi connectivity index (χ3n) is 6.26. The molecule has 0 spiro atoms. The van der Waals surface area contributed by atoms with Gasteiger partial charge >= 0.3 is 0 Å². The molecule has 2 N–H and O–H groups in total. The van der Waals surface area contributed by atoms with Crippen LogP contribution in [0.4, 0.5) is 5.69 Å². The lowest BCUT2D eigenvalue weighted by atomic mass is 9.96. The number of carbonyl (C=O) groups is 2. The number of Topliss-reactive ketones (excluding diaryl/α,β-unsaturated/α-hetero) is 1. The maximum Gasteiger partial charge on any atom is 0.255 e. The highest BCUT2D eigenvalue weighted by Crippen LogP contribution is 2.47. The molecular weight excluding hydrogens is 474 g/mol. The Balaban J connectivity index is 1.32. The third-order valence-corrected chi connectivity index (χ3v) is 7.28. The molecule has 3 aromatic carbocycles. The van der Waals surface area contributed by atoms with Crippen molar-refractivity contribution in [3.05, 3.63) is 82.4 Å². The number of benzene rings is 3. The molecule has 8 heteroatoms. The molecule has 1 fully saturated rings. The second kappa shape index (κ2) is 9.53. The molecule has 180 valence electrons. The summed E-state index contributed by atoms with van der Waals surface area (Å²) in [5, 5.41) is 22.1. The molecule has 0 radical (unpaired) electrons. The van der Waals surface area contributed by atoms with Crippen LogP contribution in [0.15, 0.2) is 60.7 Å². The minimum Gasteiger partial charge on any atom is -0.457 e. The van der Waals surface area contributed by atoms with Crippen LogP contribution in [0.25, 0.3) is 10.2 Å². The van der Waals surface area contributed by atoms with Crippen molar-refractivity contribution in [1.82, 2.24) is 4.98 Å². The second-order valence-electron chi connectivity index (χ2n) is 8.92. The summed E-state index contributed by atoms with van der Waals surface area (Å²) < 4.78 is 6.93. The first kappa shape index (κ1) is 23.7. The van der Waals surface area contributed by atoms with Crippen molar-refractivity contribution in [2.24, 2.45) is 0 Å². The standard InChI is InChI=1S/C28H23N3O4S/c1-17-5-6-21(35-22-7-8-23-25(14-22)36-26(30-23)12-20(33)15-32)13-24(17)31-27(34)18-3-2-4-19(11-18)28(16-29)9-10-28/h2-8,11,13-14,32H,9-10,12,15H2,1H3,(H,31,34). The van der Waals surface area contributed by atoms with E-state index >= 15 is 0 Å². The van der Waals surface area contributed by atoms with Gasteiger partial charge in [0.2, 0.25) is 0 Å². The van der Waals surface area contributed by atoms with E-state index in [0.717, 1.165) is 34.2 Å². The van der Waals surface area contributed by atoms with Crippen molar-refractivity contribution >= 4 is 38.9 Å². The van der Waals surface area contributed by atoms with Crippen LogP contribution in [0.5, 0.6) is 11.5 Å². The Morgan fingerprint density at radius 3 is 2.67 bits per heavy atom. The Morgan fingerprint density at radius 2 is 1.92 bits per heavy atom. The van der Waals surface area contributed by atoms with Crippen molar-refractivity contribution in [2.45, 2.75) is 31.6 Å². The molecule has 0 unspecified atom stereocenters. The number of carbonyl (C=O) groups excluding carboxylic acids is 2. The maximum atomic E-state index is 13.0. The third kappa shape index (κ3) is 4.85. The van der Waals surface area contributed by atoms with Crippen LogP contribution < -0.4 is 10.1 Å². The molecule has 1 aliphatic rings. The molecule has 4 aromatic rings. The molecule has 1 saturated carbocycles. The van der Waals surface area contributed by atoms with Gasteiger partial charge in [-0.25, -0.2) is 4.98 Å². The summed E-state index contributed by atoms with van der Waals surface area (Å²) in [7, 11) is 0. The number of ether oxygens (including phenoxy) is 1. The van der Waals surface area contributed by atoms with E-state index in [1.807, 2.05) is 43.3 Å². The number of nitrogens with zero attached hydrogens (tertiary/aromatic N) is 2. The molecule has 0 atom stereocenters. The maximum absolute atomic E-state index is 13.0. The van der Waals surface area contributed by atoms with E-state index in [4.69, 9.17) is 9.84 Å². The molecule has 1 heterocycles. The van der Waals surface area contributed by atoms with E-state index in [-0.39, 0.29) is 18.1 Å². The van der Waals surface area contributed by atoms with E-state index in [9.17, 15) is 14.9 Å². The number of ketones is 1. The highest BCUT2D eigenvalue weighted by molar-refractivity contribution is 7.18. The number of rotatable bonds is 8. The average molecular weight is 498 g/mol. The van der Waals surface area contributed by atoms with E-state index in [1.165, 1.54) is 11.3 Å². The number of aliphatic hydroxyl groups excluding tert-OH is 1. The molecule has 1 aliphatic carbocycles. The van der Waals surface area contributed by atoms with Crippen LogP contribution >= 0.6 is 11.3 Å². The van der Waals surface area contributed by atoms with Crippen molar-refractivity contribution < 1.29 is 19.4 Å². The molecule has 0 saturated heterocycles. The van der Waals surface area contributed by atoms with Crippen LogP contribution in [0.1, 0.15) is 39.3 Å². The zero-order chi connectivity index (χ0) is 25.3. The fourth-order valence-electron chi connectivity index (χ4n) is 3.99. The fourth-order valence-corrected chi connectivity index (χ4v) is 5.02. The molecule has 0 aliphatic heterocycles. The average Bonchev–Trinajstić information content (AvgIpc) is 3.59. The van der Waals surface area contributed by atoms with Gasteiger partial charge in [0.15, 0.2) is 5.78 Å². The van der Waals surface area contributed by atoms with Crippen LogP contribution in [-0.4, -0.2) is 28.4 Å². The topological polar surface area (TPSA) is 112 Å². The van der Waals surface area contributed by atoms with Gasteiger partial charge < -0.3 is 15.2 Å². The van der Waals surface area contributed by atoms with E-state index in [1.54, 1.807) is 24.3 Å². The van der Waals surface area contributed by atoms with Crippen LogP contribution in [-0.2, 0) is 16.6 Å². The number of hydrogen-bond acceptors (Lipinski definition) is 7. The Labute approximate surface area is 212 Å². The zero-order valence-electron chi connectivity index (χ0n) is 19.6. The first-order valence-corrected chi connectivity index (χ1v) is 12.3. The van der Waals surface area contributed by atoms with Gasteiger partial charge in [-0.05, 0) is 61.2 Å². The zero-order valence-corrected chi connectivity index (χ0v) is 20.4. The first-order chi connectivity index (χ1) is 17.4. The van der Waals surface area contributed by atoms with Crippen molar-refractivity contribution in [1.29, 1.82) is 5.26 Å². The number of nitriles is 1. The largest absolute Gasteiger partial charge is 0.457 e. The Morgan fingerprint density at radius 1 is 1.14 bits per heavy atom. The number of aliphatic hydroxyl groups is 1. The smallest absolute Gasteiger partial charge is 0.255 e. The number of hydrogen-bond donors (Lipinski definition) is 2. The number of aromatic nitrogens is 1. The van der Waals surface area contributed by atoms with Gasteiger partial charge in [0.05, 0.1) is 28.1 Å².